The lowest BCUT2D eigenvalue weighted by Gasteiger charge is -2.26. The Bertz CT molecular complexity index is 782. The largest absolute Gasteiger partial charge is 0.393 e. The number of carbonyl (C=O) groups excluding carboxylic acids is 1. The number of anilines is 3. The summed E-state index contributed by atoms with van der Waals surface area (Å²) in [7, 11) is 0. The lowest BCUT2D eigenvalue weighted by atomic mass is 10.2. The molecule has 0 aliphatic carbocycles. The SMILES string of the molecule is Nc1c(NCCCN2CCOCC2)ncnc1NNC(=O)c1ccc(Br)cc1. The molecule has 0 bridgehead atoms. The molecule has 0 spiro atoms. The predicted molar refractivity (Wildman–Crippen MR) is 112 cm³/mol. The highest BCUT2D eigenvalue weighted by molar-refractivity contribution is 9.10. The van der Waals surface area contributed by atoms with Gasteiger partial charge in [0.1, 0.15) is 12.0 Å². The van der Waals surface area contributed by atoms with Gasteiger partial charge in [0.05, 0.1) is 13.2 Å². The van der Waals surface area contributed by atoms with Crippen LogP contribution in [-0.2, 0) is 4.74 Å². The number of morpholine rings is 1. The van der Waals surface area contributed by atoms with E-state index in [1.807, 2.05) is 0 Å². The lowest BCUT2D eigenvalue weighted by molar-refractivity contribution is 0.0378. The molecule has 1 aromatic heterocycles. The maximum Gasteiger partial charge on any atom is 0.269 e. The summed E-state index contributed by atoms with van der Waals surface area (Å²) < 4.78 is 6.25. The Kier molecular flexibility index (Phi) is 7.40. The van der Waals surface area contributed by atoms with Crippen molar-refractivity contribution in [3.05, 3.63) is 40.6 Å². The summed E-state index contributed by atoms with van der Waals surface area (Å²) in [5.41, 5.74) is 12.3. The molecule has 2 heterocycles. The van der Waals surface area contributed by atoms with Crippen molar-refractivity contribution in [2.24, 2.45) is 0 Å². The third kappa shape index (κ3) is 5.78. The Morgan fingerprint density at radius 2 is 1.89 bits per heavy atom. The van der Waals surface area contributed by atoms with Gasteiger partial charge in [-0.2, -0.15) is 0 Å². The summed E-state index contributed by atoms with van der Waals surface area (Å²) >= 11 is 3.34. The Balaban J connectivity index is 1.48. The molecule has 1 aliphatic rings. The average molecular weight is 450 g/mol. The molecule has 28 heavy (non-hydrogen) atoms. The van der Waals surface area contributed by atoms with Crippen LogP contribution >= 0.6 is 15.9 Å². The maximum atomic E-state index is 12.2. The second-order valence-corrected chi connectivity index (χ2v) is 7.22. The number of nitrogens with one attached hydrogen (secondary N) is 3. The number of halogens is 1. The Morgan fingerprint density at radius 3 is 2.64 bits per heavy atom. The van der Waals surface area contributed by atoms with Crippen molar-refractivity contribution in [2.45, 2.75) is 6.42 Å². The van der Waals surface area contributed by atoms with Gasteiger partial charge in [0, 0.05) is 29.7 Å². The zero-order valence-electron chi connectivity index (χ0n) is 15.4. The Labute approximate surface area is 172 Å². The highest BCUT2D eigenvalue weighted by Crippen LogP contribution is 2.21. The number of hydrogen-bond acceptors (Lipinski definition) is 8. The molecule has 1 saturated heterocycles. The van der Waals surface area contributed by atoms with Gasteiger partial charge in [0.25, 0.3) is 5.91 Å². The second-order valence-electron chi connectivity index (χ2n) is 6.30. The van der Waals surface area contributed by atoms with Crippen molar-refractivity contribution in [1.29, 1.82) is 0 Å². The number of nitrogens with two attached hydrogens (primary N) is 1. The van der Waals surface area contributed by atoms with Crippen molar-refractivity contribution in [2.75, 3.05) is 55.9 Å². The van der Waals surface area contributed by atoms with E-state index in [-0.39, 0.29) is 5.91 Å². The van der Waals surface area contributed by atoms with Crippen molar-refractivity contribution in [3.63, 3.8) is 0 Å². The van der Waals surface area contributed by atoms with Crippen LogP contribution in [0.1, 0.15) is 16.8 Å². The molecule has 1 aromatic carbocycles. The van der Waals surface area contributed by atoms with Crippen LogP contribution in [0, 0.1) is 0 Å². The predicted octanol–water partition coefficient (Wildman–Crippen LogP) is 1.71. The summed E-state index contributed by atoms with van der Waals surface area (Å²) in [5, 5.41) is 3.23. The molecule has 0 atom stereocenters. The fourth-order valence-electron chi connectivity index (χ4n) is 2.76. The molecule has 5 N–H and O–H groups in total. The monoisotopic (exact) mass is 449 g/mol. The molecule has 0 radical (unpaired) electrons. The highest BCUT2D eigenvalue weighted by atomic mass is 79.9. The van der Waals surface area contributed by atoms with E-state index in [0.717, 1.165) is 50.3 Å². The van der Waals surface area contributed by atoms with Crippen LogP contribution in [0.5, 0.6) is 0 Å². The van der Waals surface area contributed by atoms with Gasteiger partial charge in [-0.1, -0.05) is 15.9 Å². The number of nitrogens with zero attached hydrogens (tertiary/aromatic N) is 3. The number of amides is 1. The highest BCUT2D eigenvalue weighted by Gasteiger charge is 2.11. The van der Waals surface area contributed by atoms with Gasteiger partial charge in [0.15, 0.2) is 11.6 Å². The molecular formula is C18H24BrN7O2. The molecule has 10 heteroatoms. The van der Waals surface area contributed by atoms with Gasteiger partial charge in [-0.15, -0.1) is 0 Å². The molecule has 3 rings (SSSR count). The minimum Gasteiger partial charge on any atom is -0.393 e. The summed E-state index contributed by atoms with van der Waals surface area (Å²) in [6, 6.07) is 7.03. The van der Waals surface area contributed by atoms with Gasteiger partial charge >= 0.3 is 0 Å². The van der Waals surface area contributed by atoms with Crippen LogP contribution < -0.4 is 21.9 Å². The molecule has 0 unspecified atom stereocenters. The van der Waals surface area contributed by atoms with E-state index >= 15 is 0 Å². The van der Waals surface area contributed by atoms with Crippen LogP contribution in [0.2, 0.25) is 0 Å². The summed E-state index contributed by atoms with van der Waals surface area (Å²) in [4.78, 5) is 22.8. The number of carbonyl (C=O) groups is 1. The first-order chi connectivity index (χ1) is 13.6. The van der Waals surface area contributed by atoms with E-state index in [2.05, 4.69) is 47.0 Å². The number of aromatic nitrogens is 2. The summed E-state index contributed by atoms with van der Waals surface area (Å²) in [5.74, 6) is 0.596. The van der Waals surface area contributed by atoms with E-state index < -0.39 is 0 Å². The first kappa shape index (κ1) is 20.3. The topological polar surface area (TPSA) is 117 Å². The van der Waals surface area contributed by atoms with Gasteiger partial charge in [0.2, 0.25) is 0 Å². The van der Waals surface area contributed by atoms with Crippen molar-refractivity contribution in [3.8, 4) is 0 Å². The van der Waals surface area contributed by atoms with Gasteiger partial charge in [-0.05, 0) is 37.2 Å². The van der Waals surface area contributed by atoms with Crippen LogP contribution in [0.4, 0.5) is 17.3 Å². The number of hydrazine groups is 1. The van der Waals surface area contributed by atoms with E-state index in [1.165, 1.54) is 6.33 Å². The van der Waals surface area contributed by atoms with Crippen LogP contribution in [-0.4, -0.2) is 60.2 Å². The second kappa shape index (κ2) is 10.2. The third-order valence-electron chi connectivity index (χ3n) is 4.33. The standard InChI is InChI=1S/C18H24BrN7O2/c19-14-4-2-13(3-5-14)18(27)25-24-17-15(20)16(22-12-23-17)21-6-1-7-26-8-10-28-11-9-26/h2-5,12H,1,6-11,20H2,(H,25,27)(H2,21,22,23,24). The number of rotatable bonds is 8. The van der Waals surface area contributed by atoms with E-state index in [4.69, 9.17) is 10.5 Å². The first-order valence-electron chi connectivity index (χ1n) is 9.10. The zero-order valence-corrected chi connectivity index (χ0v) is 17.0. The molecule has 150 valence electrons. The van der Waals surface area contributed by atoms with E-state index in [1.54, 1.807) is 24.3 Å². The van der Waals surface area contributed by atoms with E-state index in [0.29, 0.717) is 22.9 Å². The smallest absolute Gasteiger partial charge is 0.269 e. The zero-order chi connectivity index (χ0) is 19.8. The molecule has 2 aromatic rings. The lowest BCUT2D eigenvalue weighted by Crippen LogP contribution is -2.37. The Hall–Kier alpha value is -2.43. The summed E-state index contributed by atoms with van der Waals surface area (Å²) in [6.45, 7) is 5.28. The fraction of sp³-hybridized carbons (Fsp3) is 0.389. The van der Waals surface area contributed by atoms with Gasteiger partial charge in [-0.25, -0.2) is 9.97 Å². The van der Waals surface area contributed by atoms with Gasteiger partial charge < -0.3 is 15.8 Å². The average Bonchev–Trinajstić information content (AvgIpc) is 2.72. The fourth-order valence-corrected chi connectivity index (χ4v) is 3.02. The van der Waals surface area contributed by atoms with Crippen molar-refractivity contribution >= 4 is 39.2 Å². The number of ether oxygens (including phenoxy) is 1. The van der Waals surface area contributed by atoms with Crippen molar-refractivity contribution in [1.82, 2.24) is 20.3 Å². The molecule has 0 saturated carbocycles. The van der Waals surface area contributed by atoms with Gasteiger partial charge in [-0.3, -0.25) is 20.5 Å². The van der Waals surface area contributed by atoms with Crippen molar-refractivity contribution < 1.29 is 9.53 Å². The van der Waals surface area contributed by atoms with Crippen LogP contribution in [0.15, 0.2) is 35.1 Å². The minimum atomic E-state index is -0.287. The maximum absolute atomic E-state index is 12.2. The van der Waals surface area contributed by atoms with Crippen LogP contribution in [0.3, 0.4) is 0 Å². The number of benzene rings is 1. The first-order valence-corrected chi connectivity index (χ1v) is 9.89. The quantitative estimate of drug-likeness (QED) is 0.355. The molecular weight excluding hydrogens is 426 g/mol. The third-order valence-corrected chi connectivity index (χ3v) is 4.86. The number of hydrogen-bond donors (Lipinski definition) is 4. The number of nitrogen functional groups attached to an aromatic ring is 1. The normalized spacial score (nSPS) is 14.5. The molecule has 9 nitrogen and oxygen atoms in total. The molecule has 1 fully saturated rings. The van der Waals surface area contributed by atoms with E-state index in [9.17, 15) is 4.79 Å². The molecule has 1 aliphatic heterocycles. The Morgan fingerprint density at radius 1 is 1.18 bits per heavy atom. The van der Waals surface area contributed by atoms with Crippen LogP contribution in [0.25, 0.3) is 0 Å². The molecule has 1 amide bonds. The minimum absolute atomic E-state index is 0.287. The summed E-state index contributed by atoms with van der Waals surface area (Å²) in [6.07, 6.45) is 2.36.